The van der Waals surface area contributed by atoms with Crippen molar-refractivity contribution in [1.29, 1.82) is 0 Å². The van der Waals surface area contributed by atoms with Crippen LogP contribution >= 0.6 is 0 Å². The smallest absolute Gasteiger partial charge is 0.318 e. The Morgan fingerprint density at radius 1 is 1.29 bits per heavy atom. The Morgan fingerprint density at radius 3 is 2.29 bits per heavy atom. The Labute approximate surface area is 103 Å². The van der Waals surface area contributed by atoms with Crippen molar-refractivity contribution in [3.8, 4) is 0 Å². The zero-order valence-corrected chi connectivity index (χ0v) is 11.2. The predicted molar refractivity (Wildman–Crippen MR) is 63.5 cm³/mol. The first kappa shape index (κ1) is 14.2. The van der Waals surface area contributed by atoms with Crippen LogP contribution in [-0.4, -0.2) is 31.1 Å². The number of carbonyl (C=O) groups is 2. The molecular formula is C13H22O4. The van der Waals surface area contributed by atoms with Crippen LogP contribution in [-0.2, 0) is 19.1 Å². The van der Waals surface area contributed by atoms with Crippen LogP contribution in [0.1, 0.15) is 34.1 Å². The summed E-state index contributed by atoms with van der Waals surface area (Å²) < 4.78 is 10.6. The maximum Gasteiger partial charge on any atom is 0.318 e. The third-order valence-electron chi connectivity index (χ3n) is 3.27. The minimum Gasteiger partial charge on any atom is -0.468 e. The third kappa shape index (κ3) is 3.06. The Morgan fingerprint density at radius 2 is 1.88 bits per heavy atom. The van der Waals surface area contributed by atoms with Crippen LogP contribution in [0.3, 0.4) is 0 Å². The summed E-state index contributed by atoms with van der Waals surface area (Å²) in [6, 6.07) is 0. The molecule has 0 bridgehead atoms. The van der Waals surface area contributed by atoms with Crippen LogP contribution in [0, 0.1) is 17.8 Å². The van der Waals surface area contributed by atoms with Crippen molar-refractivity contribution in [2.75, 3.05) is 7.11 Å². The molecule has 0 aromatic rings. The highest BCUT2D eigenvalue weighted by Gasteiger charge is 2.44. The maximum atomic E-state index is 12.0. The van der Waals surface area contributed by atoms with Gasteiger partial charge in [-0.2, -0.15) is 0 Å². The molecule has 0 amide bonds. The summed E-state index contributed by atoms with van der Waals surface area (Å²) in [5.74, 6) is -0.894. The van der Waals surface area contributed by atoms with E-state index in [1.165, 1.54) is 7.11 Å². The number of hydrogen-bond acceptors (Lipinski definition) is 4. The van der Waals surface area contributed by atoms with E-state index in [4.69, 9.17) is 9.47 Å². The molecule has 1 heterocycles. The number of esters is 1. The molecule has 4 heteroatoms. The Balaban J connectivity index is 2.91. The molecule has 0 radical (unpaired) electrons. The number of rotatable bonds is 3. The van der Waals surface area contributed by atoms with E-state index in [2.05, 4.69) is 0 Å². The molecule has 0 spiro atoms. The van der Waals surface area contributed by atoms with E-state index in [1.807, 2.05) is 27.7 Å². The molecule has 0 N–H and O–H groups in total. The second-order valence-corrected chi connectivity index (χ2v) is 5.30. The molecule has 1 aliphatic rings. The number of ether oxygens (including phenoxy) is 2. The molecule has 0 saturated carbocycles. The van der Waals surface area contributed by atoms with Crippen molar-refractivity contribution >= 4 is 11.8 Å². The zero-order valence-electron chi connectivity index (χ0n) is 11.2. The molecule has 1 aliphatic heterocycles. The van der Waals surface area contributed by atoms with Crippen LogP contribution < -0.4 is 0 Å². The summed E-state index contributed by atoms with van der Waals surface area (Å²) in [6.45, 7) is 7.95. The molecule has 17 heavy (non-hydrogen) atoms. The highest BCUT2D eigenvalue weighted by Crippen LogP contribution is 2.31. The first-order valence-electron chi connectivity index (χ1n) is 6.14. The van der Waals surface area contributed by atoms with E-state index in [1.54, 1.807) is 0 Å². The second kappa shape index (κ2) is 5.63. The van der Waals surface area contributed by atoms with Crippen LogP contribution in [0.5, 0.6) is 0 Å². The number of ketones is 1. The lowest BCUT2D eigenvalue weighted by Gasteiger charge is -2.37. The van der Waals surface area contributed by atoms with Gasteiger partial charge in [0.25, 0.3) is 0 Å². The maximum absolute atomic E-state index is 12.0. The normalized spacial score (nSPS) is 29.8. The van der Waals surface area contributed by atoms with Gasteiger partial charge in [0, 0.05) is 6.42 Å². The Bertz CT molecular complexity index is 296. The molecule has 3 atom stereocenters. The largest absolute Gasteiger partial charge is 0.468 e. The lowest BCUT2D eigenvalue weighted by atomic mass is 9.82. The summed E-state index contributed by atoms with van der Waals surface area (Å²) in [4.78, 5) is 23.7. The minimum atomic E-state index is -0.755. The van der Waals surface area contributed by atoms with Gasteiger partial charge in [0.15, 0.2) is 5.78 Å². The lowest BCUT2D eigenvalue weighted by Crippen LogP contribution is -2.49. The zero-order chi connectivity index (χ0) is 13.2. The van der Waals surface area contributed by atoms with Crippen LogP contribution in [0.4, 0.5) is 0 Å². The van der Waals surface area contributed by atoms with Gasteiger partial charge in [-0.25, -0.2) is 0 Å². The average Bonchev–Trinajstić information content (AvgIpc) is 2.26. The fourth-order valence-corrected chi connectivity index (χ4v) is 2.16. The molecular weight excluding hydrogens is 220 g/mol. The fourth-order valence-electron chi connectivity index (χ4n) is 2.16. The van der Waals surface area contributed by atoms with Gasteiger partial charge in [0.05, 0.1) is 19.3 Å². The van der Waals surface area contributed by atoms with Crippen molar-refractivity contribution in [2.24, 2.45) is 17.8 Å². The van der Waals surface area contributed by atoms with E-state index >= 15 is 0 Å². The van der Waals surface area contributed by atoms with Gasteiger partial charge in [0.2, 0.25) is 0 Å². The molecule has 1 fully saturated rings. The first-order valence-corrected chi connectivity index (χ1v) is 6.14. The van der Waals surface area contributed by atoms with Crippen molar-refractivity contribution in [1.82, 2.24) is 0 Å². The summed E-state index contributed by atoms with van der Waals surface area (Å²) in [5, 5.41) is 0. The van der Waals surface area contributed by atoms with Crippen LogP contribution in [0.25, 0.3) is 0 Å². The Hall–Kier alpha value is -0.900. The number of Topliss-reactive ketones (excluding diaryl/α,β-unsaturated/α-hetero) is 1. The second-order valence-electron chi connectivity index (χ2n) is 5.30. The molecule has 4 nitrogen and oxygen atoms in total. The molecule has 1 rings (SSSR count). The summed E-state index contributed by atoms with van der Waals surface area (Å²) in [7, 11) is 1.31. The van der Waals surface area contributed by atoms with Crippen LogP contribution in [0.2, 0.25) is 0 Å². The van der Waals surface area contributed by atoms with Gasteiger partial charge in [-0.3, -0.25) is 9.59 Å². The fraction of sp³-hybridized carbons (Fsp3) is 0.846. The van der Waals surface area contributed by atoms with Crippen molar-refractivity contribution in [3.05, 3.63) is 0 Å². The average molecular weight is 242 g/mol. The topological polar surface area (TPSA) is 52.6 Å². The molecule has 0 aromatic carbocycles. The third-order valence-corrected chi connectivity index (χ3v) is 3.27. The lowest BCUT2D eigenvalue weighted by molar-refractivity contribution is -0.174. The standard InChI is InChI=1S/C13H22O4/c1-7(2)10-6-9(14)11(13(15)16-5)12(17-10)8(3)4/h7-8,10-12H,6H2,1-5H3/t10-,11+,12-/m0/s1. The number of hydrogen-bond donors (Lipinski definition) is 0. The van der Waals surface area contributed by atoms with Crippen LogP contribution in [0.15, 0.2) is 0 Å². The molecule has 0 aromatic heterocycles. The molecule has 0 unspecified atom stereocenters. The van der Waals surface area contributed by atoms with E-state index in [-0.39, 0.29) is 29.8 Å². The van der Waals surface area contributed by atoms with Gasteiger partial charge in [0.1, 0.15) is 5.92 Å². The quantitative estimate of drug-likeness (QED) is 0.559. The van der Waals surface area contributed by atoms with Gasteiger partial charge >= 0.3 is 5.97 Å². The molecule has 98 valence electrons. The highest BCUT2D eigenvalue weighted by molar-refractivity contribution is 6.00. The minimum absolute atomic E-state index is 0.0551. The van der Waals surface area contributed by atoms with Gasteiger partial charge in [-0.1, -0.05) is 27.7 Å². The monoisotopic (exact) mass is 242 g/mol. The van der Waals surface area contributed by atoms with Gasteiger partial charge in [-0.05, 0) is 11.8 Å². The number of carbonyl (C=O) groups excluding carboxylic acids is 2. The SMILES string of the molecule is COC(=O)[C@@H]1C(=O)C[C@@H](C(C)C)O[C@H]1C(C)C. The van der Waals surface area contributed by atoms with E-state index < -0.39 is 11.9 Å². The van der Waals surface area contributed by atoms with Crippen molar-refractivity contribution < 1.29 is 19.1 Å². The highest BCUT2D eigenvalue weighted by atomic mass is 16.5. The summed E-state index contributed by atoms with van der Waals surface area (Å²) in [6.07, 6.45) is -0.146. The van der Waals surface area contributed by atoms with E-state index in [9.17, 15) is 9.59 Å². The van der Waals surface area contributed by atoms with E-state index in [0.717, 1.165) is 0 Å². The van der Waals surface area contributed by atoms with E-state index in [0.29, 0.717) is 6.42 Å². The first-order chi connectivity index (χ1) is 7.88. The Kier molecular flexibility index (Phi) is 4.69. The predicted octanol–water partition coefficient (Wildman–Crippen LogP) is 1.81. The van der Waals surface area contributed by atoms with Gasteiger partial charge < -0.3 is 9.47 Å². The molecule has 0 aliphatic carbocycles. The molecule has 1 saturated heterocycles. The summed E-state index contributed by atoms with van der Waals surface area (Å²) in [5.41, 5.74) is 0. The summed E-state index contributed by atoms with van der Waals surface area (Å²) >= 11 is 0. The van der Waals surface area contributed by atoms with Crippen molar-refractivity contribution in [2.45, 2.75) is 46.3 Å². The van der Waals surface area contributed by atoms with Gasteiger partial charge in [-0.15, -0.1) is 0 Å². The number of methoxy groups -OCH3 is 1. The van der Waals surface area contributed by atoms with Crippen molar-refractivity contribution in [3.63, 3.8) is 0 Å².